The van der Waals surface area contributed by atoms with Crippen LogP contribution in [0.5, 0.6) is 5.88 Å². The summed E-state index contributed by atoms with van der Waals surface area (Å²) in [6, 6.07) is 3.59. The first-order valence-corrected chi connectivity index (χ1v) is 8.19. The minimum absolute atomic E-state index is 0.0311. The fourth-order valence-electron chi connectivity index (χ4n) is 3.28. The number of hydrogen-bond acceptors (Lipinski definition) is 5. The smallest absolute Gasteiger partial charge is 0.254 e. The van der Waals surface area contributed by atoms with Gasteiger partial charge >= 0.3 is 0 Å². The summed E-state index contributed by atoms with van der Waals surface area (Å²) in [5.41, 5.74) is 0.579. The zero-order valence-corrected chi connectivity index (χ0v) is 14.6. The van der Waals surface area contributed by atoms with Crippen LogP contribution in [0.3, 0.4) is 0 Å². The van der Waals surface area contributed by atoms with E-state index in [1.807, 2.05) is 11.8 Å². The normalized spacial score (nSPS) is 17.0. The summed E-state index contributed by atoms with van der Waals surface area (Å²) in [5, 5.41) is 8.45. The molecule has 3 rings (SSSR count). The largest absolute Gasteiger partial charge is 0.481 e. The van der Waals surface area contributed by atoms with Gasteiger partial charge < -0.3 is 14.2 Å². The van der Waals surface area contributed by atoms with Crippen molar-refractivity contribution in [3.63, 3.8) is 0 Å². The van der Waals surface area contributed by atoms with Gasteiger partial charge in [-0.15, -0.1) is 10.2 Å². The van der Waals surface area contributed by atoms with Crippen LogP contribution in [0, 0.1) is 12.8 Å². The molecular formula is C17H23N5O2. The Bertz CT molecular complexity index is 740. The van der Waals surface area contributed by atoms with Crippen LogP contribution in [-0.4, -0.2) is 44.2 Å². The first kappa shape index (κ1) is 16.4. The summed E-state index contributed by atoms with van der Waals surface area (Å²) < 4.78 is 7.29. The SMILES string of the molecule is COc1cc(C(=O)N2Cc3nnc(C)n3[C@@H](CC(C)C)C2)ccn1. The Hall–Kier alpha value is -2.44. The van der Waals surface area contributed by atoms with Gasteiger partial charge in [0.2, 0.25) is 5.88 Å². The number of amides is 1. The number of hydrogen-bond donors (Lipinski definition) is 0. The maximum atomic E-state index is 12.9. The lowest BCUT2D eigenvalue weighted by atomic mass is 10.0. The third-order valence-corrected chi connectivity index (χ3v) is 4.29. The van der Waals surface area contributed by atoms with E-state index in [2.05, 4.69) is 33.6 Å². The average Bonchev–Trinajstić information content (AvgIpc) is 2.95. The monoisotopic (exact) mass is 329 g/mol. The standard InChI is InChI=1S/C17H23N5O2/c1-11(2)7-14-9-21(10-15-20-19-12(3)22(14)15)17(23)13-5-6-18-16(8-13)24-4/h5-6,8,11,14H,7,9-10H2,1-4H3/t14-/m0/s1. The molecule has 0 saturated carbocycles. The van der Waals surface area contributed by atoms with E-state index in [0.717, 1.165) is 18.1 Å². The van der Waals surface area contributed by atoms with Gasteiger partial charge in [0.05, 0.1) is 19.7 Å². The molecular weight excluding hydrogens is 306 g/mol. The Morgan fingerprint density at radius 3 is 2.92 bits per heavy atom. The number of rotatable bonds is 4. The summed E-state index contributed by atoms with van der Waals surface area (Å²) in [6.07, 6.45) is 2.57. The molecule has 3 heterocycles. The molecule has 1 aliphatic heterocycles. The van der Waals surface area contributed by atoms with Crippen LogP contribution < -0.4 is 4.74 Å². The average molecular weight is 329 g/mol. The van der Waals surface area contributed by atoms with Crippen LogP contribution in [0.15, 0.2) is 18.3 Å². The van der Waals surface area contributed by atoms with Crippen LogP contribution in [0.25, 0.3) is 0 Å². The molecule has 0 fully saturated rings. The first-order chi connectivity index (χ1) is 11.5. The molecule has 2 aromatic heterocycles. The summed E-state index contributed by atoms with van der Waals surface area (Å²) >= 11 is 0. The maximum Gasteiger partial charge on any atom is 0.254 e. The van der Waals surface area contributed by atoms with E-state index < -0.39 is 0 Å². The lowest BCUT2D eigenvalue weighted by Crippen LogP contribution is -2.42. The third kappa shape index (κ3) is 3.11. The van der Waals surface area contributed by atoms with Crippen LogP contribution in [0.4, 0.5) is 0 Å². The second-order valence-electron chi connectivity index (χ2n) is 6.59. The number of aryl methyl sites for hydroxylation is 1. The fraction of sp³-hybridized carbons (Fsp3) is 0.529. The van der Waals surface area contributed by atoms with Gasteiger partial charge in [-0.1, -0.05) is 13.8 Å². The quantitative estimate of drug-likeness (QED) is 0.860. The molecule has 0 aromatic carbocycles. The molecule has 24 heavy (non-hydrogen) atoms. The molecule has 0 unspecified atom stereocenters. The Kier molecular flexibility index (Phi) is 4.51. The highest BCUT2D eigenvalue weighted by molar-refractivity contribution is 5.94. The summed E-state index contributed by atoms with van der Waals surface area (Å²) in [7, 11) is 1.54. The van der Waals surface area contributed by atoms with Gasteiger partial charge in [-0.3, -0.25) is 4.79 Å². The molecule has 1 aliphatic rings. The molecule has 7 nitrogen and oxygen atoms in total. The second kappa shape index (κ2) is 6.59. The zero-order chi connectivity index (χ0) is 17.3. The molecule has 0 spiro atoms. The summed E-state index contributed by atoms with van der Waals surface area (Å²) in [4.78, 5) is 18.8. The Labute approximate surface area is 141 Å². The topological polar surface area (TPSA) is 73.1 Å². The molecule has 1 amide bonds. The van der Waals surface area contributed by atoms with Crippen molar-refractivity contribution in [3.8, 4) is 5.88 Å². The number of ether oxygens (including phenoxy) is 1. The molecule has 0 bridgehead atoms. The Morgan fingerprint density at radius 2 is 2.21 bits per heavy atom. The molecule has 0 saturated heterocycles. The Morgan fingerprint density at radius 1 is 1.42 bits per heavy atom. The minimum Gasteiger partial charge on any atom is -0.481 e. The van der Waals surface area contributed by atoms with Crippen LogP contribution >= 0.6 is 0 Å². The number of pyridine rings is 1. The zero-order valence-electron chi connectivity index (χ0n) is 14.6. The van der Waals surface area contributed by atoms with E-state index in [1.54, 1.807) is 25.4 Å². The van der Waals surface area contributed by atoms with E-state index in [1.165, 1.54) is 0 Å². The summed E-state index contributed by atoms with van der Waals surface area (Å²) in [6.45, 7) is 7.48. The predicted molar refractivity (Wildman–Crippen MR) is 88.8 cm³/mol. The van der Waals surface area contributed by atoms with Crippen molar-refractivity contribution < 1.29 is 9.53 Å². The molecule has 128 valence electrons. The maximum absolute atomic E-state index is 12.9. The van der Waals surface area contributed by atoms with Crippen LogP contribution in [-0.2, 0) is 6.54 Å². The van der Waals surface area contributed by atoms with Gasteiger partial charge in [0, 0.05) is 24.4 Å². The van der Waals surface area contributed by atoms with E-state index in [0.29, 0.717) is 30.5 Å². The van der Waals surface area contributed by atoms with E-state index >= 15 is 0 Å². The van der Waals surface area contributed by atoms with Crippen molar-refractivity contribution in [1.29, 1.82) is 0 Å². The highest BCUT2D eigenvalue weighted by Crippen LogP contribution is 2.28. The fourth-order valence-corrected chi connectivity index (χ4v) is 3.28. The summed E-state index contributed by atoms with van der Waals surface area (Å²) in [5.74, 6) is 2.69. The predicted octanol–water partition coefficient (Wildman–Crippen LogP) is 2.23. The first-order valence-electron chi connectivity index (χ1n) is 8.19. The molecule has 1 atom stereocenters. The number of methoxy groups -OCH3 is 1. The van der Waals surface area contributed by atoms with Crippen molar-refractivity contribution in [2.75, 3.05) is 13.7 Å². The lowest BCUT2D eigenvalue weighted by Gasteiger charge is -2.35. The van der Waals surface area contributed by atoms with Gasteiger partial charge in [0.15, 0.2) is 5.82 Å². The van der Waals surface area contributed by atoms with Crippen LogP contribution in [0.2, 0.25) is 0 Å². The lowest BCUT2D eigenvalue weighted by molar-refractivity contribution is 0.0660. The molecule has 0 radical (unpaired) electrons. The molecule has 0 N–H and O–H groups in total. The number of nitrogens with zero attached hydrogens (tertiary/aromatic N) is 5. The van der Waals surface area contributed by atoms with E-state index in [-0.39, 0.29) is 11.9 Å². The van der Waals surface area contributed by atoms with Gasteiger partial charge in [-0.05, 0) is 25.3 Å². The van der Waals surface area contributed by atoms with Crippen molar-refractivity contribution in [2.45, 2.75) is 39.8 Å². The highest BCUT2D eigenvalue weighted by atomic mass is 16.5. The Balaban J connectivity index is 1.88. The second-order valence-corrected chi connectivity index (χ2v) is 6.59. The minimum atomic E-state index is -0.0311. The molecule has 2 aromatic rings. The van der Waals surface area contributed by atoms with Crippen molar-refractivity contribution in [1.82, 2.24) is 24.6 Å². The molecule has 7 heteroatoms. The van der Waals surface area contributed by atoms with Gasteiger partial charge in [0.25, 0.3) is 5.91 Å². The van der Waals surface area contributed by atoms with E-state index in [4.69, 9.17) is 4.74 Å². The highest BCUT2D eigenvalue weighted by Gasteiger charge is 2.31. The number of aromatic nitrogens is 4. The van der Waals surface area contributed by atoms with Crippen molar-refractivity contribution in [2.24, 2.45) is 5.92 Å². The van der Waals surface area contributed by atoms with E-state index in [9.17, 15) is 4.79 Å². The number of carbonyl (C=O) groups is 1. The third-order valence-electron chi connectivity index (χ3n) is 4.29. The van der Waals surface area contributed by atoms with Crippen molar-refractivity contribution in [3.05, 3.63) is 35.5 Å². The molecule has 0 aliphatic carbocycles. The van der Waals surface area contributed by atoms with Gasteiger partial charge in [-0.2, -0.15) is 0 Å². The van der Waals surface area contributed by atoms with Gasteiger partial charge in [-0.25, -0.2) is 4.98 Å². The van der Waals surface area contributed by atoms with Crippen molar-refractivity contribution >= 4 is 5.91 Å². The van der Waals surface area contributed by atoms with Gasteiger partial charge in [0.1, 0.15) is 5.82 Å². The van der Waals surface area contributed by atoms with Crippen LogP contribution in [0.1, 0.15) is 48.3 Å². The number of carbonyl (C=O) groups excluding carboxylic acids is 1. The number of fused-ring (bicyclic) bond motifs is 1.